The van der Waals surface area contributed by atoms with Gasteiger partial charge >= 0.3 is 11.8 Å². The number of likely N-dealkylation sites (N-methyl/N-ethyl adjacent to an activating group) is 1. The highest BCUT2D eigenvalue weighted by atomic mass is 19.1. The van der Waals surface area contributed by atoms with E-state index in [2.05, 4.69) is 15.2 Å². The van der Waals surface area contributed by atoms with Crippen molar-refractivity contribution in [2.45, 2.75) is 32.7 Å². The third-order valence-corrected chi connectivity index (χ3v) is 4.86. The number of carbonyl (C=O) groups excluding carboxylic acids is 2. The van der Waals surface area contributed by atoms with Gasteiger partial charge in [-0.2, -0.15) is 0 Å². The average Bonchev–Trinajstić information content (AvgIpc) is 2.74. The van der Waals surface area contributed by atoms with Crippen molar-refractivity contribution in [3.63, 3.8) is 0 Å². The highest BCUT2D eigenvalue weighted by molar-refractivity contribution is 6.40. The van der Waals surface area contributed by atoms with Gasteiger partial charge in [0.1, 0.15) is 11.6 Å². The number of nitrogens with one attached hydrogen (secondary N) is 1. The number of anilines is 2. The van der Waals surface area contributed by atoms with Gasteiger partial charge in [0, 0.05) is 43.6 Å². The number of carbonyl (C=O) groups is 2. The Morgan fingerprint density at radius 1 is 1.14 bits per heavy atom. The molecule has 3 rings (SSSR count). The summed E-state index contributed by atoms with van der Waals surface area (Å²) in [5, 5.41) is 2.70. The Balaban J connectivity index is 1.66. The Morgan fingerprint density at radius 3 is 2.54 bits per heavy atom. The molecule has 2 amide bonds. The minimum atomic E-state index is -0.695. The van der Waals surface area contributed by atoms with Crippen molar-refractivity contribution < 1.29 is 14.0 Å². The van der Waals surface area contributed by atoms with Crippen LogP contribution in [0.4, 0.5) is 15.9 Å². The van der Waals surface area contributed by atoms with E-state index in [1.54, 1.807) is 13.1 Å². The number of hydrogen-bond acceptors (Lipinski definition) is 4. The zero-order valence-corrected chi connectivity index (χ0v) is 16.0. The maximum absolute atomic E-state index is 13.1. The Kier molecular flexibility index (Phi) is 6.57. The number of amides is 2. The second-order valence-corrected chi connectivity index (χ2v) is 6.74. The molecule has 0 saturated carbocycles. The molecule has 148 valence electrons. The molecule has 6 nitrogen and oxygen atoms in total. The first kappa shape index (κ1) is 19.8. The first-order valence-corrected chi connectivity index (χ1v) is 9.64. The number of halogens is 1. The van der Waals surface area contributed by atoms with Gasteiger partial charge in [0.15, 0.2) is 0 Å². The van der Waals surface area contributed by atoms with Crippen molar-refractivity contribution in [1.82, 2.24) is 10.3 Å². The quantitative estimate of drug-likeness (QED) is 0.805. The van der Waals surface area contributed by atoms with Crippen molar-refractivity contribution in [3.05, 3.63) is 54.0 Å². The van der Waals surface area contributed by atoms with Gasteiger partial charge < -0.3 is 15.1 Å². The van der Waals surface area contributed by atoms with Crippen molar-refractivity contribution >= 4 is 23.3 Å². The SMILES string of the molecule is CCN(C(=O)C(=O)NCc1cccnc1N1CCCCC1)c1ccc(F)cc1. The minimum absolute atomic E-state index is 0.227. The van der Waals surface area contributed by atoms with Crippen LogP contribution in [0.2, 0.25) is 0 Å². The summed E-state index contributed by atoms with van der Waals surface area (Å²) in [4.78, 5) is 33.0. The largest absolute Gasteiger partial charge is 0.356 e. The van der Waals surface area contributed by atoms with E-state index in [-0.39, 0.29) is 6.54 Å². The molecule has 1 N–H and O–H groups in total. The van der Waals surface area contributed by atoms with E-state index in [4.69, 9.17) is 0 Å². The fourth-order valence-corrected chi connectivity index (χ4v) is 3.40. The predicted octanol–water partition coefficient (Wildman–Crippen LogP) is 2.88. The summed E-state index contributed by atoms with van der Waals surface area (Å²) >= 11 is 0. The van der Waals surface area contributed by atoms with Crippen LogP contribution in [0.5, 0.6) is 0 Å². The lowest BCUT2D eigenvalue weighted by Crippen LogP contribution is -2.43. The zero-order chi connectivity index (χ0) is 19.9. The number of piperidine rings is 1. The Hall–Kier alpha value is -2.96. The molecule has 1 aromatic carbocycles. The molecule has 0 spiro atoms. The van der Waals surface area contributed by atoms with E-state index in [0.29, 0.717) is 12.2 Å². The molecule has 2 heterocycles. The highest BCUT2D eigenvalue weighted by Gasteiger charge is 2.23. The fraction of sp³-hybridized carbons (Fsp3) is 0.381. The van der Waals surface area contributed by atoms with E-state index >= 15 is 0 Å². The number of hydrogen-bond donors (Lipinski definition) is 1. The smallest absolute Gasteiger partial charge is 0.316 e. The zero-order valence-electron chi connectivity index (χ0n) is 16.0. The van der Waals surface area contributed by atoms with Gasteiger partial charge in [0.05, 0.1) is 0 Å². The van der Waals surface area contributed by atoms with Crippen molar-refractivity contribution in [2.75, 3.05) is 29.4 Å². The van der Waals surface area contributed by atoms with Crippen LogP contribution in [0, 0.1) is 5.82 Å². The molecule has 1 fully saturated rings. The van der Waals surface area contributed by atoms with Gasteiger partial charge in [0.2, 0.25) is 0 Å². The summed E-state index contributed by atoms with van der Waals surface area (Å²) in [5.41, 5.74) is 1.37. The maximum Gasteiger partial charge on any atom is 0.316 e. The normalized spacial score (nSPS) is 13.9. The van der Waals surface area contributed by atoms with E-state index in [0.717, 1.165) is 37.3 Å². The van der Waals surface area contributed by atoms with Crippen LogP contribution in [0.3, 0.4) is 0 Å². The van der Waals surface area contributed by atoms with Gasteiger partial charge in [-0.15, -0.1) is 0 Å². The van der Waals surface area contributed by atoms with E-state index in [1.165, 1.54) is 35.6 Å². The van der Waals surface area contributed by atoms with E-state index < -0.39 is 17.6 Å². The summed E-state index contributed by atoms with van der Waals surface area (Å²) in [6, 6.07) is 9.25. The summed E-state index contributed by atoms with van der Waals surface area (Å²) in [7, 11) is 0. The molecule has 0 atom stereocenters. The molecule has 0 aliphatic carbocycles. The second kappa shape index (κ2) is 9.30. The lowest BCUT2D eigenvalue weighted by Gasteiger charge is -2.29. The molecule has 1 saturated heterocycles. The van der Waals surface area contributed by atoms with Crippen molar-refractivity contribution in [2.24, 2.45) is 0 Å². The number of aromatic nitrogens is 1. The minimum Gasteiger partial charge on any atom is -0.356 e. The molecule has 0 bridgehead atoms. The van der Waals surface area contributed by atoms with Crippen LogP contribution < -0.4 is 15.1 Å². The van der Waals surface area contributed by atoms with Crippen LogP contribution in [0.1, 0.15) is 31.7 Å². The summed E-state index contributed by atoms with van der Waals surface area (Å²) in [5.74, 6) is -0.892. The second-order valence-electron chi connectivity index (χ2n) is 6.74. The molecule has 0 unspecified atom stereocenters. The van der Waals surface area contributed by atoms with Crippen LogP contribution in [0.25, 0.3) is 0 Å². The van der Waals surface area contributed by atoms with Crippen LogP contribution >= 0.6 is 0 Å². The lowest BCUT2D eigenvalue weighted by molar-refractivity contribution is -0.137. The highest BCUT2D eigenvalue weighted by Crippen LogP contribution is 2.21. The first-order valence-electron chi connectivity index (χ1n) is 9.64. The summed E-state index contributed by atoms with van der Waals surface area (Å²) in [6.07, 6.45) is 5.22. The first-order chi connectivity index (χ1) is 13.6. The number of rotatable bonds is 5. The van der Waals surface area contributed by atoms with Gasteiger partial charge in [-0.25, -0.2) is 9.37 Å². The topological polar surface area (TPSA) is 65.5 Å². The molecule has 1 aliphatic rings. The van der Waals surface area contributed by atoms with Gasteiger partial charge in [-0.3, -0.25) is 9.59 Å². The number of pyridine rings is 1. The number of benzene rings is 1. The molecule has 1 aliphatic heterocycles. The van der Waals surface area contributed by atoms with Crippen LogP contribution in [-0.4, -0.2) is 36.4 Å². The molecule has 28 heavy (non-hydrogen) atoms. The van der Waals surface area contributed by atoms with Crippen LogP contribution in [-0.2, 0) is 16.1 Å². The van der Waals surface area contributed by atoms with Gasteiger partial charge in [0.25, 0.3) is 0 Å². The molecular weight excluding hydrogens is 359 g/mol. The van der Waals surface area contributed by atoms with E-state index in [1.807, 2.05) is 12.1 Å². The molecule has 0 radical (unpaired) electrons. The molecular formula is C21H25FN4O2. The molecule has 7 heteroatoms. The van der Waals surface area contributed by atoms with E-state index in [9.17, 15) is 14.0 Å². The Labute approximate surface area is 164 Å². The average molecular weight is 384 g/mol. The van der Waals surface area contributed by atoms with Gasteiger partial charge in [-0.05, 0) is 56.5 Å². The van der Waals surface area contributed by atoms with Crippen molar-refractivity contribution in [3.8, 4) is 0 Å². The third-order valence-electron chi connectivity index (χ3n) is 4.86. The number of nitrogens with zero attached hydrogens (tertiary/aromatic N) is 3. The predicted molar refractivity (Wildman–Crippen MR) is 107 cm³/mol. The third kappa shape index (κ3) is 4.65. The standard InChI is InChI=1S/C21H25FN4O2/c1-2-26(18-10-8-17(22)9-11-18)21(28)20(27)24-15-16-7-6-12-23-19(16)25-13-4-3-5-14-25/h6-12H,2-5,13-15H2,1H3,(H,24,27). The summed E-state index contributed by atoms with van der Waals surface area (Å²) < 4.78 is 13.1. The monoisotopic (exact) mass is 384 g/mol. The maximum atomic E-state index is 13.1. The molecule has 2 aromatic rings. The Bertz CT molecular complexity index is 819. The van der Waals surface area contributed by atoms with Crippen molar-refractivity contribution in [1.29, 1.82) is 0 Å². The lowest BCUT2D eigenvalue weighted by atomic mass is 10.1. The van der Waals surface area contributed by atoms with Gasteiger partial charge in [-0.1, -0.05) is 6.07 Å². The van der Waals surface area contributed by atoms with Crippen LogP contribution in [0.15, 0.2) is 42.6 Å². The Morgan fingerprint density at radius 2 is 1.86 bits per heavy atom. The summed E-state index contributed by atoms with van der Waals surface area (Å²) in [6.45, 7) is 4.20. The molecule has 1 aromatic heterocycles. The fourth-order valence-electron chi connectivity index (χ4n) is 3.40.